The molecule has 0 spiro atoms. The maximum Gasteiger partial charge on any atom is 0.0273 e. The summed E-state index contributed by atoms with van der Waals surface area (Å²) in [6, 6.07) is 0. The Bertz CT molecular complexity index is 175. The Labute approximate surface area is 75.7 Å². The summed E-state index contributed by atoms with van der Waals surface area (Å²) in [5.74, 6) is 0. The van der Waals surface area contributed by atoms with Gasteiger partial charge in [-0.2, -0.15) is 0 Å². The topological polar surface area (TPSA) is 26.0 Å². The molecule has 68 valence electrons. The molecule has 0 rings (SSSR count). The monoisotopic (exact) mass is 165 g/mol. The smallest absolute Gasteiger partial charge is 0.0273 e. The van der Waals surface area contributed by atoms with E-state index in [-0.39, 0.29) is 0 Å². The lowest BCUT2D eigenvalue weighted by Crippen LogP contribution is -1.91. The van der Waals surface area contributed by atoms with Crippen molar-refractivity contribution in [3.8, 4) is 0 Å². The van der Waals surface area contributed by atoms with Crippen molar-refractivity contribution in [2.75, 3.05) is 0 Å². The van der Waals surface area contributed by atoms with Crippen molar-refractivity contribution in [2.24, 2.45) is 5.73 Å². The first-order valence-corrected chi connectivity index (χ1v) is 4.56. The van der Waals surface area contributed by atoms with Gasteiger partial charge in [-0.15, -0.1) is 0 Å². The average molecular weight is 165 g/mol. The normalized spacial score (nSPS) is 13.3. The number of allylic oxidation sites excluding steroid dienone is 5. The Morgan fingerprint density at radius 1 is 1.33 bits per heavy atom. The van der Waals surface area contributed by atoms with Gasteiger partial charge in [-0.1, -0.05) is 44.1 Å². The number of hydrogen-bond donors (Lipinski definition) is 1. The molecule has 0 aromatic heterocycles. The Kier molecular flexibility index (Phi) is 7.46. The van der Waals surface area contributed by atoms with Crippen LogP contribution in [0.1, 0.15) is 33.1 Å². The molecule has 2 N–H and O–H groups in total. The van der Waals surface area contributed by atoms with E-state index in [1.165, 1.54) is 12.8 Å². The minimum absolute atomic E-state index is 0.863. The minimum Gasteiger partial charge on any atom is -0.399 e. The van der Waals surface area contributed by atoms with E-state index >= 15 is 0 Å². The largest absolute Gasteiger partial charge is 0.399 e. The number of unbranched alkanes of at least 4 members (excludes halogenated alkanes) is 2. The van der Waals surface area contributed by atoms with Gasteiger partial charge in [0, 0.05) is 5.70 Å². The lowest BCUT2D eigenvalue weighted by molar-refractivity contribution is 0.811. The average Bonchev–Trinajstić information content (AvgIpc) is 2.06. The molecule has 12 heavy (non-hydrogen) atoms. The standard InChI is InChI=1S/C11H19N/c1-3-5-7-9-11(12)10-8-6-4-2/h3,5,7,9-10H,4,6,8,12H2,1-2H3. The van der Waals surface area contributed by atoms with Crippen molar-refractivity contribution in [2.45, 2.75) is 33.1 Å². The first-order chi connectivity index (χ1) is 5.81. The Hall–Kier alpha value is -0.980. The van der Waals surface area contributed by atoms with Gasteiger partial charge in [0.2, 0.25) is 0 Å². The first-order valence-electron chi connectivity index (χ1n) is 4.56. The third kappa shape index (κ3) is 7.13. The van der Waals surface area contributed by atoms with E-state index in [0.717, 1.165) is 12.1 Å². The molecule has 0 aromatic carbocycles. The highest BCUT2D eigenvalue weighted by molar-refractivity contribution is 5.18. The van der Waals surface area contributed by atoms with E-state index in [0.29, 0.717) is 0 Å². The molecule has 0 bridgehead atoms. The van der Waals surface area contributed by atoms with Crippen LogP contribution in [-0.2, 0) is 0 Å². The number of nitrogens with two attached hydrogens (primary N) is 1. The molecule has 0 heterocycles. The summed E-state index contributed by atoms with van der Waals surface area (Å²) in [5, 5.41) is 0. The third-order valence-electron chi connectivity index (χ3n) is 1.53. The van der Waals surface area contributed by atoms with Gasteiger partial charge < -0.3 is 5.73 Å². The first kappa shape index (κ1) is 11.0. The van der Waals surface area contributed by atoms with Gasteiger partial charge in [0.15, 0.2) is 0 Å². The molecule has 0 saturated carbocycles. The molecule has 0 aromatic rings. The van der Waals surface area contributed by atoms with Crippen LogP contribution in [-0.4, -0.2) is 0 Å². The summed E-state index contributed by atoms with van der Waals surface area (Å²) in [6.45, 7) is 4.17. The summed E-state index contributed by atoms with van der Waals surface area (Å²) in [6.07, 6.45) is 13.4. The zero-order valence-corrected chi connectivity index (χ0v) is 8.09. The molecule has 0 radical (unpaired) electrons. The summed E-state index contributed by atoms with van der Waals surface area (Å²) in [5.41, 5.74) is 6.56. The summed E-state index contributed by atoms with van der Waals surface area (Å²) >= 11 is 0. The molecule has 1 nitrogen and oxygen atoms in total. The minimum atomic E-state index is 0.863. The third-order valence-corrected chi connectivity index (χ3v) is 1.53. The molecule has 0 aliphatic rings. The zero-order chi connectivity index (χ0) is 9.23. The molecule has 0 saturated heterocycles. The number of rotatable bonds is 5. The Morgan fingerprint density at radius 2 is 2.08 bits per heavy atom. The fraction of sp³-hybridized carbons (Fsp3) is 0.455. The molecular weight excluding hydrogens is 146 g/mol. The van der Waals surface area contributed by atoms with Crippen molar-refractivity contribution in [1.29, 1.82) is 0 Å². The highest BCUT2D eigenvalue weighted by atomic mass is 14.5. The SMILES string of the molecule is CC=CC=CC(N)=CCCCC. The van der Waals surface area contributed by atoms with Crippen LogP contribution in [0.4, 0.5) is 0 Å². The molecule has 0 fully saturated rings. The van der Waals surface area contributed by atoms with Crippen LogP contribution in [0.3, 0.4) is 0 Å². The highest BCUT2D eigenvalue weighted by Crippen LogP contribution is 1.98. The Morgan fingerprint density at radius 3 is 2.67 bits per heavy atom. The van der Waals surface area contributed by atoms with Gasteiger partial charge in [0.1, 0.15) is 0 Å². The maximum absolute atomic E-state index is 5.70. The van der Waals surface area contributed by atoms with E-state index in [1.807, 2.05) is 31.2 Å². The summed E-state index contributed by atoms with van der Waals surface area (Å²) in [4.78, 5) is 0. The van der Waals surface area contributed by atoms with E-state index in [4.69, 9.17) is 5.73 Å². The van der Waals surface area contributed by atoms with Crippen LogP contribution in [0.25, 0.3) is 0 Å². The second-order valence-corrected chi connectivity index (χ2v) is 2.73. The van der Waals surface area contributed by atoms with Gasteiger partial charge in [-0.05, 0) is 19.4 Å². The molecule has 0 atom stereocenters. The molecule has 1 heteroatoms. The quantitative estimate of drug-likeness (QED) is 0.491. The van der Waals surface area contributed by atoms with Crippen molar-refractivity contribution >= 4 is 0 Å². The van der Waals surface area contributed by atoms with Crippen molar-refractivity contribution in [3.63, 3.8) is 0 Å². The van der Waals surface area contributed by atoms with Gasteiger partial charge in [-0.3, -0.25) is 0 Å². The predicted octanol–water partition coefficient (Wildman–Crippen LogP) is 3.15. The van der Waals surface area contributed by atoms with E-state index in [2.05, 4.69) is 13.0 Å². The lowest BCUT2D eigenvalue weighted by atomic mass is 10.2. The maximum atomic E-state index is 5.70. The van der Waals surface area contributed by atoms with Gasteiger partial charge in [0.05, 0.1) is 0 Å². The van der Waals surface area contributed by atoms with E-state index < -0.39 is 0 Å². The second kappa shape index (κ2) is 8.12. The van der Waals surface area contributed by atoms with Crippen molar-refractivity contribution < 1.29 is 0 Å². The van der Waals surface area contributed by atoms with Crippen LogP contribution >= 0.6 is 0 Å². The van der Waals surface area contributed by atoms with Gasteiger partial charge in [0.25, 0.3) is 0 Å². The van der Waals surface area contributed by atoms with Crippen LogP contribution in [0.5, 0.6) is 0 Å². The van der Waals surface area contributed by atoms with Crippen LogP contribution in [0.2, 0.25) is 0 Å². The second-order valence-electron chi connectivity index (χ2n) is 2.73. The molecule has 0 aliphatic carbocycles. The van der Waals surface area contributed by atoms with Crippen LogP contribution < -0.4 is 5.73 Å². The van der Waals surface area contributed by atoms with Gasteiger partial charge >= 0.3 is 0 Å². The fourth-order valence-electron chi connectivity index (χ4n) is 0.819. The molecule has 0 unspecified atom stereocenters. The molecule has 0 amide bonds. The predicted molar refractivity (Wildman–Crippen MR) is 55.7 cm³/mol. The van der Waals surface area contributed by atoms with Gasteiger partial charge in [-0.25, -0.2) is 0 Å². The fourth-order valence-corrected chi connectivity index (χ4v) is 0.819. The summed E-state index contributed by atoms with van der Waals surface area (Å²) in [7, 11) is 0. The summed E-state index contributed by atoms with van der Waals surface area (Å²) < 4.78 is 0. The molecular formula is C11H19N. The lowest BCUT2D eigenvalue weighted by Gasteiger charge is -1.92. The van der Waals surface area contributed by atoms with Crippen molar-refractivity contribution in [3.05, 3.63) is 36.1 Å². The zero-order valence-electron chi connectivity index (χ0n) is 8.09. The van der Waals surface area contributed by atoms with Crippen LogP contribution in [0.15, 0.2) is 36.1 Å². The van der Waals surface area contributed by atoms with Crippen molar-refractivity contribution in [1.82, 2.24) is 0 Å². The van der Waals surface area contributed by atoms with E-state index in [1.54, 1.807) is 0 Å². The highest BCUT2D eigenvalue weighted by Gasteiger charge is 1.81. The number of hydrogen-bond acceptors (Lipinski definition) is 1. The van der Waals surface area contributed by atoms with E-state index in [9.17, 15) is 0 Å². The van der Waals surface area contributed by atoms with Crippen LogP contribution in [0, 0.1) is 0 Å². The Balaban J connectivity index is 3.69. The molecule has 0 aliphatic heterocycles.